The van der Waals surface area contributed by atoms with E-state index in [0.29, 0.717) is 5.56 Å². The molecule has 86 valence electrons. The summed E-state index contributed by atoms with van der Waals surface area (Å²) in [6.45, 7) is 0. The number of hydrogen-bond acceptors (Lipinski definition) is 3. The van der Waals surface area contributed by atoms with E-state index in [1.54, 1.807) is 18.3 Å². The molecule has 0 radical (unpaired) electrons. The summed E-state index contributed by atoms with van der Waals surface area (Å²) in [6.07, 6.45) is 4.98. The number of pyridine rings is 2. The maximum atomic E-state index is 8.25. The molecule has 0 fully saturated rings. The summed E-state index contributed by atoms with van der Waals surface area (Å²) in [6, 6.07) is 17.5. The highest BCUT2D eigenvalue weighted by molar-refractivity contribution is 5.77. The molecule has 1 aromatic carbocycles. The summed E-state index contributed by atoms with van der Waals surface area (Å²) in [5, 5.41) is 9.45. The van der Waals surface area contributed by atoms with Crippen molar-refractivity contribution >= 4 is 10.9 Å². The van der Waals surface area contributed by atoms with Crippen molar-refractivity contribution in [1.82, 2.24) is 9.97 Å². The zero-order chi connectivity index (χ0) is 12.6. The average Bonchev–Trinajstić information content (AvgIpc) is 2.49. The highest BCUT2D eigenvalue weighted by Gasteiger charge is 1.86. The lowest BCUT2D eigenvalue weighted by atomic mass is 10.2. The number of hydrogen-bond donors (Lipinski definition) is 0. The molecule has 3 heteroatoms. The van der Waals surface area contributed by atoms with Crippen LogP contribution in [0.25, 0.3) is 10.9 Å². The lowest BCUT2D eigenvalue weighted by molar-refractivity contribution is 1.30. The summed E-state index contributed by atoms with van der Waals surface area (Å²) >= 11 is 0. The van der Waals surface area contributed by atoms with Crippen LogP contribution in [0.3, 0.4) is 0 Å². The van der Waals surface area contributed by atoms with E-state index in [1.165, 1.54) is 11.6 Å². The van der Waals surface area contributed by atoms with E-state index in [9.17, 15) is 0 Å². The fourth-order valence-corrected chi connectivity index (χ4v) is 1.44. The fourth-order valence-electron chi connectivity index (χ4n) is 1.44. The lowest BCUT2D eigenvalue weighted by Crippen LogP contribution is -1.73. The van der Waals surface area contributed by atoms with Gasteiger partial charge in [0.15, 0.2) is 0 Å². The normalized spacial score (nSPS) is 9.06. The zero-order valence-corrected chi connectivity index (χ0v) is 9.69. The van der Waals surface area contributed by atoms with Gasteiger partial charge in [-0.15, -0.1) is 0 Å². The van der Waals surface area contributed by atoms with Crippen molar-refractivity contribution in [3.05, 3.63) is 72.7 Å². The van der Waals surface area contributed by atoms with Crippen LogP contribution < -0.4 is 0 Å². The third-order valence-corrected chi connectivity index (χ3v) is 2.30. The van der Waals surface area contributed by atoms with E-state index < -0.39 is 0 Å². The SMILES string of the molecule is N#Cc1cccnc1.c1ccc2ncccc2c1. The van der Waals surface area contributed by atoms with Crippen molar-refractivity contribution in [2.45, 2.75) is 0 Å². The molecule has 0 aliphatic carbocycles. The summed E-state index contributed by atoms with van der Waals surface area (Å²) in [5.41, 5.74) is 1.66. The Morgan fingerprint density at radius 2 is 1.67 bits per heavy atom. The van der Waals surface area contributed by atoms with E-state index >= 15 is 0 Å². The van der Waals surface area contributed by atoms with Crippen LogP contribution in [0.5, 0.6) is 0 Å². The van der Waals surface area contributed by atoms with Crippen LogP contribution >= 0.6 is 0 Å². The molecular weight excluding hydrogens is 222 g/mol. The Hall–Kier alpha value is -2.73. The third-order valence-electron chi connectivity index (χ3n) is 2.30. The molecule has 0 aliphatic heterocycles. The van der Waals surface area contributed by atoms with Crippen LogP contribution in [0.1, 0.15) is 5.56 Å². The average molecular weight is 233 g/mol. The Morgan fingerprint density at radius 3 is 2.33 bits per heavy atom. The molecule has 0 unspecified atom stereocenters. The summed E-state index contributed by atoms with van der Waals surface area (Å²) in [4.78, 5) is 7.91. The van der Waals surface area contributed by atoms with E-state index in [4.69, 9.17) is 5.26 Å². The number of rotatable bonds is 0. The van der Waals surface area contributed by atoms with Gasteiger partial charge in [0, 0.05) is 24.0 Å². The number of aromatic nitrogens is 2. The number of benzene rings is 1. The molecule has 0 amide bonds. The van der Waals surface area contributed by atoms with Crippen molar-refractivity contribution < 1.29 is 0 Å². The number of para-hydroxylation sites is 1. The quantitative estimate of drug-likeness (QED) is 0.599. The fraction of sp³-hybridized carbons (Fsp3) is 0. The molecule has 3 nitrogen and oxygen atoms in total. The second kappa shape index (κ2) is 6.12. The molecule has 0 saturated carbocycles. The van der Waals surface area contributed by atoms with Gasteiger partial charge in [-0.05, 0) is 24.3 Å². The first-order valence-corrected chi connectivity index (χ1v) is 5.50. The first kappa shape index (κ1) is 11.7. The zero-order valence-electron chi connectivity index (χ0n) is 9.69. The smallest absolute Gasteiger partial charge is 0.101 e. The molecule has 0 aliphatic rings. The van der Waals surface area contributed by atoms with Gasteiger partial charge in [-0.25, -0.2) is 0 Å². The van der Waals surface area contributed by atoms with Gasteiger partial charge in [-0.1, -0.05) is 24.3 Å². The molecule has 2 heterocycles. The van der Waals surface area contributed by atoms with Crippen molar-refractivity contribution in [2.75, 3.05) is 0 Å². The minimum absolute atomic E-state index is 0.604. The molecule has 18 heavy (non-hydrogen) atoms. The Morgan fingerprint density at radius 1 is 0.889 bits per heavy atom. The van der Waals surface area contributed by atoms with Gasteiger partial charge in [0.1, 0.15) is 6.07 Å². The molecular formula is C15H11N3. The molecule has 3 rings (SSSR count). The van der Waals surface area contributed by atoms with E-state index in [0.717, 1.165) is 5.52 Å². The van der Waals surface area contributed by atoms with Gasteiger partial charge in [0.2, 0.25) is 0 Å². The van der Waals surface area contributed by atoms with Crippen molar-refractivity contribution in [3.63, 3.8) is 0 Å². The topological polar surface area (TPSA) is 49.6 Å². The van der Waals surface area contributed by atoms with Crippen LogP contribution in [0.15, 0.2) is 67.1 Å². The molecule has 3 aromatic rings. The Labute approximate surface area is 105 Å². The molecule has 0 atom stereocenters. The Bertz CT molecular complexity index is 592. The Kier molecular flexibility index (Phi) is 3.99. The maximum absolute atomic E-state index is 8.25. The van der Waals surface area contributed by atoms with E-state index in [-0.39, 0.29) is 0 Å². The first-order valence-electron chi connectivity index (χ1n) is 5.50. The van der Waals surface area contributed by atoms with Crippen LogP contribution in [0.4, 0.5) is 0 Å². The van der Waals surface area contributed by atoms with Crippen LogP contribution in [0, 0.1) is 11.3 Å². The van der Waals surface area contributed by atoms with Gasteiger partial charge in [0.05, 0.1) is 11.1 Å². The van der Waals surface area contributed by atoms with Crippen LogP contribution in [0.2, 0.25) is 0 Å². The standard InChI is InChI=1S/C9H7N.C6H4N2/c1-2-6-9-8(4-1)5-3-7-10-9;7-4-6-2-1-3-8-5-6/h1-7H;1-3,5H. The van der Waals surface area contributed by atoms with E-state index in [2.05, 4.69) is 22.1 Å². The first-order chi connectivity index (χ1) is 8.90. The van der Waals surface area contributed by atoms with E-state index in [1.807, 2.05) is 36.5 Å². The highest BCUT2D eigenvalue weighted by Crippen LogP contribution is 2.07. The molecule has 0 spiro atoms. The van der Waals surface area contributed by atoms with Crippen LogP contribution in [-0.2, 0) is 0 Å². The van der Waals surface area contributed by atoms with Crippen molar-refractivity contribution in [2.24, 2.45) is 0 Å². The van der Waals surface area contributed by atoms with Gasteiger partial charge >= 0.3 is 0 Å². The van der Waals surface area contributed by atoms with Gasteiger partial charge < -0.3 is 0 Å². The predicted octanol–water partition coefficient (Wildman–Crippen LogP) is 3.19. The number of nitriles is 1. The number of fused-ring (bicyclic) bond motifs is 1. The summed E-state index contributed by atoms with van der Waals surface area (Å²) < 4.78 is 0. The second-order valence-electron chi connectivity index (χ2n) is 3.55. The minimum atomic E-state index is 0.604. The number of nitrogens with zero attached hydrogens (tertiary/aromatic N) is 3. The van der Waals surface area contributed by atoms with Crippen molar-refractivity contribution in [1.29, 1.82) is 5.26 Å². The monoisotopic (exact) mass is 233 g/mol. The molecule has 0 bridgehead atoms. The summed E-state index contributed by atoms with van der Waals surface area (Å²) in [5.74, 6) is 0. The maximum Gasteiger partial charge on any atom is 0.101 e. The summed E-state index contributed by atoms with van der Waals surface area (Å²) in [7, 11) is 0. The lowest BCUT2D eigenvalue weighted by Gasteiger charge is -1.91. The molecule has 2 aromatic heterocycles. The van der Waals surface area contributed by atoms with Crippen molar-refractivity contribution in [3.8, 4) is 6.07 Å². The third kappa shape index (κ3) is 3.13. The Balaban J connectivity index is 0.000000138. The highest BCUT2D eigenvalue weighted by atomic mass is 14.6. The molecule has 0 N–H and O–H groups in total. The van der Waals surface area contributed by atoms with Gasteiger partial charge in [-0.3, -0.25) is 9.97 Å². The predicted molar refractivity (Wildman–Crippen MR) is 70.7 cm³/mol. The van der Waals surface area contributed by atoms with Crippen LogP contribution in [-0.4, -0.2) is 9.97 Å². The minimum Gasteiger partial charge on any atom is -0.263 e. The molecule has 0 saturated heterocycles. The second-order valence-corrected chi connectivity index (χ2v) is 3.55. The largest absolute Gasteiger partial charge is 0.263 e. The van der Waals surface area contributed by atoms with Gasteiger partial charge in [0.25, 0.3) is 0 Å². The van der Waals surface area contributed by atoms with Gasteiger partial charge in [-0.2, -0.15) is 5.26 Å².